The molecule has 0 bridgehead atoms. The summed E-state index contributed by atoms with van der Waals surface area (Å²) in [6, 6.07) is 18.7. The minimum Gasteiger partial charge on any atom is -0.338 e. The van der Waals surface area contributed by atoms with Crippen molar-refractivity contribution in [2.24, 2.45) is 0 Å². The van der Waals surface area contributed by atoms with Gasteiger partial charge in [-0.1, -0.05) is 60.3 Å². The average Bonchev–Trinajstić information content (AvgIpc) is 3.53. The number of urea groups is 1. The van der Waals surface area contributed by atoms with Crippen LogP contribution >= 0.6 is 11.8 Å². The minimum atomic E-state index is -0.646. The lowest BCUT2D eigenvalue weighted by atomic mass is 10.1. The largest absolute Gasteiger partial charge is 0.338 e. The van der Waals surface area contributed by atoms with E-state index in [1.165, 1.54) is 11.8 Å². The number of hydrogen-bond acceptors (Lipinski definition) is 5. The highest BCUT2D eigenvalue weighted by molar-refractivity contribution is 8.00. The summed E-state index contributed by atoms with van der Waals surface area (Å²) in [7, 11) is 0. The van der Waals surface area contributed by atoms with Crippen LogP contribution in [0.25, 0.3) is 5.69 Å². The molecule has 3 aromatic rings. The molecule has 8 heteroatoms. The fourth-order valence-corrected chi connectivity index (χ4v) is 4.05. The number of benzene rings is 2. The molecule has 1 aliphatic carbocycles. The van der Waals surface area contributed by atoms with Crippen LogP contribution in [0.5, 0.6) is 0 Å². The van der Waals surface area contributed by atoms with E-state index in [2.05, 4.69) is 10.6 Å². The van der Waals surface area contributed by atoms with Crippen molar-refractivity contribution in [3.05, 3.63) is 72.1 Å². The Morgan fingerprint density at radius 2 is 1.77 bits per heavy atom. The number of carbonyl (C=O) groups excluding carboxylic acids is 2. The molecule has 1 aromatic heterocycles. The van der Waals surface area contributed by atoms with Gasteiger partial charge < -0.3 is 5.32 Å². The van der Waals surface area contributed by atoms with Crippen molar-refractivity contribution in [2.75, 3.05) is 6.54 Å². The summed E-state index contributed by atoms with van der Waals surface area (Å²) in [5, 5.41) is 9.57. The van der Waals surface area contributed by atoms with Gasteiger partial charge in [0.25, 0.3) is 0 Å². The number of rotatable bonds is 7. The Hall–Kier alpha value is -3.13. The van der Waals surface area contributed by atoms with Crippen molar-refractivity contribution < 1.29 is 9.59 Å². The molecular weight excluding hydrogens is 398 g/mol. The molecule has 2 aromatic carbocycles. The van der Waals surface area contributed by atoms with E-state index >= 15 is 0 Å². The first-order valence-corrected chi connectivity index (χ1v) is 10.9. The molecule has 7 nitrogen and oxygen atoms in total. The molecule has 1 aliphatic rings. The number of hydrogen-bond donors (Lipinski definition) is 2. The van der Waals surface area contributed by atoms with Crippen molar-refractivity contribution in [1.29, 1.82) is 0 Å². The van der Waals surface area contributed by atoms with Gasteiger partial charge in [0.05, 0.1) is 5.69 Å². The maximum atomic E-state index is 12.9. The Balaban J connectivity index is 1.63. The van der Waals surface area contributed by atoms with Gasteiger partial charge in [0.2, 0.25) is 11.1 Å². The molecule has 1 fully saturated rings. The summed E-state index contributed by atoms with van der Waals surface area (Å²) in [5.41, 5.74) is 1.73. The molecular formula is C22H23N5O2S. The second-order valence-electron chi connectivity index (χ2n) is 7.03. The maximum absolute atomic E-state index is 12.9. The van der Waals surface area contributed by atoms with Crippen LogP contribution in [0.2, 0.25) is 0 Å². The van der Waals surface area contributed by atoms with Gasteiger partial charge in [0.1, 0.15) is 11.1 Å². The van der Waals surface area contributed by atoms with E-state index in [1.807, 2.05) is 65.3 Å². The highest BCUT2D eigenvalue weighted by atomic mass is 32.2. The molecule has 1 unspecified atom stereocenters. The molecule has 154 valence electrons. The Kier molecular flexibility index (Phi) is 6.13. The van der Waals surface area contributed by atoms with Crippen LogP contribution in [0, 0.1) is 0 Å². The predicted octanol–water partition coefficient (Wildman–Crippen LogP) is 3.82. The molecule has 4 rings (SSSR count). The highest BCUT2D eigenvalue weighted by Gasteiger charge is 2.32. The molecule has 1 heterocycles. The lowest BCUT2D eigenvalue weighted by molar-refractivity contribution is -0.119. The second kappa shape index (κ2) is 9.13. The molecule has 1 atom stereocenters. The molecule has 0 saturated heterocycles. The van der Waals surface area contributed by atoms with E-state index in [-0.39, 0.29) is 0 Å². The molecule has 30 heavy (non-hydrogen) atoms. The summed E-state index contributed by atoms with van der Waals surface area (Å²) >= 11 is 1.25. The zero-order chi connectivity index (χ0) is 20.9. The van der Waals surface area contributed by atoms with Gasteiger partial charge in [-0.15, -0.1) is 5.10 Å². The van der Waals surface area contributed by atoms with Gasteiger partial charge >= 0.3 is 6.03 Å². The minimum absolute atomic E-state index is 0.395. The molecule has 0 spiro atoms. The van der Waals surface area contributed by atoms with Crippen molar-refractivity contribution in [1.82, 2.24) is 25.4 Å². The zero-order valence-corrected chi connectivity index (χ0v) is 17.4. The van der Waals surface area contributed by atoms with Gasteiger partial charge in [-0.3, -0.25) is 10.1 Å². The fraction of sp³-hybridized carbons (Fsp3) is 0.273. The van der Waals surface area contributed by atoms with Crippen LogP contribution < -0.4 is 10.6 Å². The number of para-hydroxylation sites is 1. The third-order valence-electron chi connectivity index (χ3n) is 4.69. The first kappa shape index (κ1) is 20.2. The summed E-state index contributed by atoms with van der Waals surface area (Å²) in [5.74, 6) is 0.909. The van der Waals surface area contributed by atoms with E-state index in [0.29, 0.717) is 17.6 Å². The third-order valence-corrected chi connectivity index (χ3v) is 5.80. The van der Waals surface area contributed by atoms with Gasteiger partial charge in [0.15, 0.2) is 0 Å². The third kappa shape index (κ3) is 4.71. The summed E-state index contributed by atoms with van der Waals surface area (Å²) in [6.45, 7) is 2.24. The van der Waals surface area contributed by atoms with Gasteiger partial charge in [0, 0.05) is 12.5 Å². The number of amides is 3. The van der Waals surface area contributed by atoms with Gasteiger partial charge in [-0.2, -0.15) is 0 Å². The number of nitrogens with zero attached hydrogens (tertiary/aromatic N) is 3. The van der Waals surface area contributed by atoms with Crippen LogP contribution in [-0.4, -0.2) is 33.2 Å². The summed E-state index contributed by atoms with van der Waals surface area (Å²) < 4.78 is 1.86. The average molecular weight is 422 g/mol. The van der Waals surface area contributed by atoms with E-state index in [0.717, 1.165) is 29.9 Å². The van der Waals surface area contributed by atoms with Crippen LogP contribution in [0.3, 0.4) is 0 Å². The predicted molar refractivity (Wildman–Crippen MR) is 116 cm³/mol. The quantitative estimate of drug-likeness (QED) is 0.566. The lowest BCUT2D eigenvalue weighted by Crippen LogP contribution is -2.41. The monoisotopic (exact) mass is 421 g/mol. The number of aromatic nitrogens is 3. The van der Waals surface area contributed by atoms with Gasteiger partial charge in [-0.05, 0) is 37.5 Å². The molecule has 2 N–H and O–H groups in total. The van der Waals surface area contributed by atoms with Crippen molar-refractivity contribution in [2.45, 2.75) is 36.1 Å². The molecule has 3 amide bonds. The normalized spacial score (nSPS) is 14.2. The first-order chi connectivity index (χ1) is 14.7. The second-order valence-corrected chi connectivity index (χ2v) is 8.10. The topological polar surface area (TPSA) is 88.9 Å². The van der Waals surface area contributed by atoms with E-state index < -0.39 is 17.2 Å². The van der Waals surface area contributed by atoms with Crippen LogP contribution in [0.15, 0.2) is 65.8 Å². The maximum Gasteiger partial charge on any atom is 0.321 e. The van der Waals surface area contributed by atoms with Crippen molar-refractivity contribution in [3.63, 3.8) is 0 Å². The molecule has 0 aliphatic heterocycles. The van der Waals surface area contributed by atoms with Crippen molar-refractivity contribution in [3.8, 4) is 5.69 Å². The van der Waals surface area contributed by atoms with E-state index in [9.17, 15) is 9.59 Å². The Bertz CT molecular complexity index is 1020. The molecule has 1 saturated carbocycles. The van der Waals surface area contributed by atoms with Crippen LogP contribution in [0.1, 0.15) is 42.3 Å². The lowest BCUT2D eigenvalue weighted by Gasteiger charge is -2.15. The smallest absolute Gasteiger partial charge is 0.321 e. The summed E-state index contributed by atoms with van der Waals surface area (Å²) in [6.07, 6.45) is 2.19. The number of nitrogens with one attached hydrogen (secondary N) is 2. The van der Waals surface area contributed by atoms with E-state index in [4.69, 9.17) is 10.1 Å². The zero-order valence-electron chi connectivity index (χ0n) is 16.6. The van der Waals surface area contributed by atoms with Crippen LogP contribution in [-0.2, 0) is 4.79 Å². The fourth-order valence-electron chi connectivity index (χ4n) is 3.11. The summed E-state index contributed by atoms with van der Waals surface area (Å²) in [4.78, 5) is 29.5. The van der Waals surface area contributed by atoms with Crippen molar-refractivity contribution >= 4 is 23.7 Å². The standard InChI is InChI=1S/C22H23N5O2S/c1-2-23-21(29)25-20(28)18(15-9-5-3-6-10-15)30-22-24-19(16-13-14-16)27(26-22)17-11-7-4-8-12-17/h3-12,16,18H,2,13-14H2,1H3,(H2,23,25,28,29). The van der Waals surface area contributed by atoms with Gasteiger partial charge in [-0.25, -0.2) is 14.5 Å². The Morgan fingerprint density at radius 3 is 2.40 bits per heavy atom. The Labute approximate surface area is 179 Å². The first-order valence-electron chi connectivity index (χ1n) is 9.98. The number of imide groups is 1. The highest BCUT2D eigenvalue weighted by Crippen LogP contribution is 2.42. The van der Waals surface area contributed by atoms with Crippen LogP contribution in [0.4, 0.5) is 4.79 Å². The number of carbonyl (C=O) groups is 2. The molecule has 0 radical (unpaired) electrons. The SMILES string of the molecule is CCNC(=O)NC(=O)C(Sc1nc(C2CC2)n(-c2ccccc2)n1)c1ccccc1. The Morgan fingerprint density at radius 1 is 1.10 bits per heavy atom. The van der Waals surface area contributed by atoms with E-state index in [1.54, 1.807) is 6.92 Å². The number of thioether (sulfide) groups is 1.